The minimum atomic E-state index is -0.262. The molecule has 0 saturated heterocycles. The van der Waals surface area contributed by atoms with Gasteiger partial charge >= 0.3 is 0 Å². The molecule has 1 amide bonds. The van der Waals surface area contributed by atoms with Crippen LogP contribution in [0.2, 0.25) is 0 Å². The van der Waals surface area contributed by atoms with Crippen LogP contribution in [-0.4, -0.2) is 23.4 Å². The number of amides is 1. The van der Waals surface area contributed by atoms with Crippen molar-refractivity contribution in [3.63, 3.8) is 0 Å². The number of carbonyl (C=O) groups is 1. The van der Waals surface area contributed by atoms with E-state index in [1.165, 1.54) is 12.1 Å². The van der Waals surface area contributed by atoms with Crippen LogP contribution in [0.15, 0.2) is 24.3 Å². The van der Waals surface area contributed by atoms with Gasteiger partial charge in [-0.3, -0.25) is 4.79 Å². The van der Waals surface area contributed by atoms with Gasteiger partial charge in [0, 0.05) is 19.1 Å². The van der Waals surface area contributed by atoms with Gasteiger partial charge in [-0.05, 0) is 37.5 Å². The van der Waals surface area contributed by atoms with E-state index in [1.54, 1.807) is 11.0 Å². The van der Waals surface area contributed by atoms with Crippen LogP contribution in [0.4, 0.5) is 4.39 Å². The first-order valence-corrected chi connectivity index (χ1v) is 7.90. The standard InChI is InChI=1S/C17H25FN2O/c1-2-20(12-13-7-6-8-14(18)11-13)17(21)15-9-4-3-5-10-16(15)19/h6-8,11,15-16H,2-5,9-10,12,19H2,1H3. The molecule has 0 heterocycles. The molecule has 21 heavy (non-hydrogen) atoms. The van der Waals surface area contributed by atoms with Crippen molar-refractivity contribution >= 4 is 5.91 Å². The third-order valence-electron chi connectivity index (χ3n) is 4.34. The largest absolute Gasteiger partial charge is 0.338 e. The number of nitrogens with two attached hydrogens (primary N) is 1. The Hall–Kier alpha value is -1.42. The third-order valence-corrected chi connectivity index (χ3v) is 4.34. The smallest absolute Gasteiger partial charge is 0.227 e. The van der Waals surface area contributed by atoms with Gasteiger partial charge in [0.2, 0.25) is 5.91 Å². The molecule has 0 aromatic heterocycles. The summed E-state index contributed by atoms with van der Waals surface area (Å²) in [5.41, 5.74) is 7.01. The summed E-state index contributed by atoms with van der Waals surface area (Å²) in [4.78, 5) is 14.5. The van der Waals surface area contributed by atoms with E-state index in [-0.39, 0.29) is 23.7 Å². The van der Waals surface area contributed by atoms with E-state index in [0.29, 0.717) is 13.1 Å². The van der Waals surface area contributed by atoms with Crippen LogP contribution in [0.5, 0.6) is 0 Å². The highest BCUT2D eigenvalue weighted by molar-refractivity contribution is 5.79. The van der Waals surface area contributed by atoms with E-state index in [2.05, 4.69) is 0 Å². The Morgan fingerprint density at radius 2 is 2.10 bits per heavy atom. The Balaban J connectivity index is 2.07. The lowest BCUT2D eigenvalue weighted by Gasteiger charge is -2.28. The maximum absolute atomic E-state index is 13.3. The van der Waals surface area contributed by atoms with Gasteiger partial charge in [-0.25, -0.2) is 4.39 Å². The van der Waals surface area contributed by atoms with Crippen LogP contribution in [0.1, 0.15) is 44.6 Å². The molecular weight excluding hydrogens is 267 g/mol. The Bertz CT molecular complexity index is 478. The van der Waals surface area contributed by atoms with Gasteiger partial charge < -0.3 is 10.6 Å². The van der Waals surface area contributed by atoms with E-state index in [9.17, 15) is 9.18 Å². The molecule has 1 aliphatic carbocycles. The number of nitrogens with zero attached hydrogens (tertiary/aromatic N) is 1. The highest BCUT2D eigenvalue weighted by Gasteiger charge is 2.30. The summed E-state index contributed by atoms with van der Waals surface area (Å²) in [6, 6.07) is 6.40. The fourth-order valence-corrected chi connectivity index (χ4v) is 3.08. The summed E-state index contributed by atoms with van der Waals surface area (Å²) in [5.74, 6) is -0.223. The zero-order chi connectivity index (χ0) is 15.2. The van der Waals surface area contributed by atoms with Gasteiger partial charge in [-0.15, -0.1) is 0 Å². The van der Waals surface area contributed by atoms with Crippen LogP contribution in [0, 0.1) is 11.7 Å². The van der Waals surface area contributed by atoms with Crippen molar-refractivity contribution < 1.29 is 9.18 Å². The minimum Gasteiger partial charge on any atom is -0.338 e. The first-order valence-electron chi connectivity index (χ1n) is 7.90. The normalized spacial score (nSPS) is 22.6. The van der Waals surface area contributed by atoms with Crippen molar-refractivity contribution in [1.29, 1.82) is 0 Å². The van der Waals surface area contributed by atoms with Crippen LogP contribution in [0.25, 0.3) is 0 Å². The second kappa shape index (κ2) is 7.55. The van der Waals surface area contributed by atoms with E-state index in [1.807, 2.05) is 13.0 Å². The quantitative estimate of drug-likeness (QED) is 0.867. The van der Waals surface area contributed by atoms with Gasteiger partial charge in [0.15, 0.2) is 0 Å². The molecule has 2 rings (SSSR count). The van der Waals surface area contributed by atoms with Crippen LogP contribution in [0.3, 0.4) is 0 Å². The SMILES string of the molecule is CCN(Cc1cccc(F)c1)C(=O)C1CCCCCC1N. The Labute approximate surface area is 126 Å². The van der Waals surface area contributed by atoms with E-state index < -0.39 is 0 Å². The number of benzene rings is 1. The molecule has 3 nitrogen and oxygen atoms in total. The summed E-state index contributed by atoms with van der Waals surface area (Å²) in [5, 5.41) is 0. The second-order valence-electron chi connectivity index (χ2n) is 5.89. The molecule has 1 aliphatic rings. The lowest BCUT2D eigenvalue weighted by Crippen LogP contribution is -2.43. The Kier molecular flexibility index (Phi) is 5.74. The molecule has 2 N–H and O–H groups in total. The van der Waals surface area contributed by atoms with Crippen molar-refractivity contribution in [3.8, 4) is 0 Å². The van der Waals surface area contributed by atoms with E-state index in [0.717, 1.165) is 37.7 Å². The lowest BCUT2D eigenvalue weighted by molar-refractivity contribution is -0.136. The molecule has 1 saturated carbocycles. The minimum absolute atomic E-state index is 0.0402. The van der Waals surface area contributed by atoms with Crippen molar-refractivity contribution in [3.05, 3.63) is 35.6 Å². The molecule has 0 bridgehead atoms. The van der Waals surface area contributed by atoms with Crippen LogP contribution < -0.4 is 5.73 Å². The fraction of sp³-hybridized carbons (Fsp3) is 0.588. The summed E-state index contributed by atoms with van der Waals surface area (Å²) in [6.45, 7) is 3.04. The Morgan fingerprint density at radius 3 is 2.81 bits per heavy atom. The van der Waals surface area contributed by atoms with Gasteiger partial charge in [-0.2, -0.15) is 0 Å². The van der Waals surface area contributed by atoms with Gasteiger partial charge in [0.25, 0.3) is 0 Å². The molecule has 1 fully saturated rings. The molecule has 0 spiro atoms. The third kappa shape index (κ3) is 4.27. The van der Waals surface area contributed by atoms with E-state index in [4.69, 9.17) is 5.73 Å². The lowest BCUT2D eigenvalue weighted by atomic mass is 9.93. The molecule has 2 unspecified atom stereocenters. The summed E-state index contributed by atoms with van der Waals surface area (Å²) < 4.78 is 13.3. The zero-order valence-electron chi connectivity index (χ0n) is 12.7. The van der Waals surface area contributed by atoms with Crippen molar-refractivity contribution in [2.45, 2.75) is 51.6 Å². The average Bonchev–Trinajstić information content (AvgIpc) is 2.69. The average molecular weight is 292 g/mol. The second-order valence-corrected chi connectivity index (χ2v) is 5.89. The van der Waals surface area contributed by atoms with Crippen LogP contribution >= 0.6 is 0 Å². The van der Waals surface area contributed by atoms with Crippen LogP contribution in [-0.2, 0) is 11.3 Å². The molecule has 1 aromatic carbocycles. The van der Waals surface area contributed by atoms with Gasteiger partial charge in [0.05, 0.1) is 5.92 Å². The molecule has 116 valence electrons. The Morgan fingerprint density at radius 1 is 1.33 bits per heavy atom. The summed E-state index contributed by atoms with van der Waals surface area (Å²) in [6.07, 6.45) is 5.14. The van der Waals surface area contributed by atoms with Gasteiger partial charge in [-0.1, -0.05) is 31.4 Å². The number of halogens is 1. The monoisotopic (exact) mass is 292 g/mol. The zero-order valence-corrected chi connectivity index (χ0v) is 12.7. The number of carbonyl (C=O) groups excluding carboxylic acids is 1. The summed E-state index contributed by atoms with van der Waals surface area (Å²) >= 11 is 0. The molecular formula is C17H25FN2O. The molecule has 4 heteroatoms. The highest BCUT2D eigenvalue weighted by Crippen LogP contribution is 2.24. The molecule has 2 atom stereocenters. The summed E-state index contributed by atoms with van der Waals surface area (Å²) in [7, 11) is 0. The van der Waals surface area contributed by atoms with Crippen molar-refractivity contribution in [2.24, 2.45) is 11.7 Å². The fourth-order valence-electron chi connectivity index (χ4n) is 3.08. The number of hydrogen-bond donors (Lipinski definition) is 1. The molecule has 1 aromatic rings. The molecule has 0 aliphatic heterocycles. The first kappa shape index (κ1) is 16.0. The number of hydrogen-bond acceptors (Lipinski definition) is 2. The maximum atomic E-state index is 13.3. The highest BCUT2D eigenvalue weighted by atomic mass is 19.1. The predicted molar refractivity (Wildman–Crippen MR) is 82.0 cm³/mol. The number of rotatable bonds is 4. The van der Waals surface area contributed by atoms with E-state index >= 15 is 0 Å². The first-order chi connectivity index (χ1) is 10.1. The van der Waals surface area contributed by atoms with Crippen molar-refractivity contribution in [2.75, 3.05) is 6.54 Å². The molecule has 0 radical (unpaired) electrons. The topological polar surface area (TPSA) is 46.3 Å². The van der Waals surface area contributed by atoms with Gasteiger partial charge in [0.1, 0.15) is 5.82 Å². The predicted octanol–water partition coefficient (Wildman–Crippen LogP) is 3.08. The van der Waals surface area contributed by atoms with Crippen molar-refractivity contribution in [1.82, 2.24) is 4.90 Å². The maximum Gasteiger partial charge on any atom is 0.227 e.